The number of hydrogen-bond donors (Lipinski definition) is 1. The van der Waals surface area contributed by atoms with E-state index < -0.39 is 11.6 Å². The summed E-state index contributed by atoms with van der Waals surface area (Å²) in [6.07, 6.45) is 0. The third-order valence-corrected chi connectivity index (χ3v) is 2.08. The van der Waals surface area contributed by atoms with Crippen LogP contribution in [0.4, 0.5) is 8.78 Å². The Balaban J connectivity index is 2.59. The van der Waals surface area contributed by atoms with E-state index in [0.717, 1.165) is 12.1 Å². The SMILES string of the molecule is Cc1cc(=O)[nH]n1-c1ccc(F)c(F)c1. The van der Waals surface area contributed by atoms with Gasteiger partial charge in [0, 0.05) is 17.8 Å². The van der Waals surface area contributed by atoms with Crippen molar-refractivity contribution in [1.82, 2.24) is 9.78 Å². The monoisotopic (exact) mass is 210 g/mol. The Morgan fingerprint density at radius 3 is 2.47 bits per heavy atom. The van der Waals surface area contributed by atoms with E-state index in [1.165, 1.54) is 16.8 Å². The van der Waals surface area contributed by atoms with Crippen LogP contribution in [0.1, 0.15) is 5.69 Å². The smallest absolute Gasteiger partial charge is 0.264 e. The Hall–Kier alpha value is -1.91. The molecule has 0 aliphatic rings. The second-order valence-electron chi connectivity index (χ2n) is 3.20. The first-order valence-corrected chi connectivity index (χ1v) is 4.32. The zero-order valence-corrected chi connectivity index (χ0v) is 7.92. The fourth-order valence-electron chi connectivity index (χ4n) is 1.38. The number of aromatic amines is 1. The topological polar surface area (TPSA) is 37.8 Å². The predicted octanol–water partition coefficient (Wildman–Crippen LogP) is 1.75. The van der Waals surface area contributed by atoms with Crippen LogP contribution >= 0.6 is 0 Å². The maximum absolute atomic E-state index is 12.9. The van der Waals surface area contributed by atoms with Crippen LogP contribution in [0.3, 0.4) is 0 Å². The van der Waals surface area contributed by atoms with E-state index in [2.05, 4.69) is 5.10 Å². The maximum Gasteiger partial charge on any atom is 0.264 e. The number of nitrogens with zero attached hydrogens (tertiary/aromatic N) is 1. The molecule has 0 radical (unpaired) electrons. The van der Waals surface area contributed by atoms with E-state index in [1.807, 2.05) is 0 Å². The number of hydrogen-bond acceptors (Lipinski definition) is 1. The van der Waals surface area contributed by atoms with E-state index in [-0.39, 0.29) is 5.56 Å². The Morgan fingerprint density at radius 2 is 1.93 bits per heavy atom. The van der Waals surface area contributed by atoms with Gasteiger partial charge in [0.15, 0.2) is 11.6 Å². The summed E-state index contributed by atoms with van der Waals surface area (Å²) in [6, 6.07) is 4.81. The molecule has 15 heavy (non-hydrogen) atoms. The molecule has 0 bridgehead atoms. The van der Waals surface area contributed by atoms with Crippen molar-refractivity contribution in [2.75, 3.05) is 0 Å². The molecule has 0 unspecified atom stereocenters. The molecule has 0 spiro atoms. The van der Waals surface area contributed by atoms with Gasteiger partial charge in [-0.2, -0.15) is 0 Å². The molecule has 0 aliphatic carbocycles. The quantitative estimate of drug-likeness (QED) is 0.765. The van der Waals surface area contributed by atoms with Crippen LogP contribution in [0.25, 0.3) is 5.69 Å². The molecule has 0 fully saturated rings. The highest BCUT2D eigenvalue weighted by Gasteiger charge is 2.06. The van der Waals surface area contributed by atoms with Crippen molar-refractivity contribution in [2.45, 2.75) is 6.92 Å². The van der Waals surface area contributed by atoms with E-state index in [9.17, 15) is 13.6 Å². The van der Waals surface area contributed by atoms with Gasteiger partial charge in [-0.1, -0.05) is 0 Å². The number of benzene rings is 1. The highest BCUT2D eigenvalue weighted by molar-refractivity contribution is 5.33. The van der Waals surface area contributed by atoms with E-state index >= 15 is 0 Å². The summed E-state index contributed by atoms with van der Waals surface area (Å²) in [4.78, 5) is 11.0. The third-order valence-electron chi connectivity index (χ3n) is 2.08. The first-order valence-electron chi connectivity index (χ1n) is 4.32. The van der Waals surface area contributed by atoms with E-state index in [1.54, 1.807) is 6.92 Å². The Morgan fingerprint density at radius 1 is 1.20 bits per heavy atom. The number of aromatic nitrogens is 2. The second-order valence-corrected chi connectivity index (χ2v) is 3.20. The minimum absolute atomic E-state index is 0.280. The van der Waals surface area contributed by atoms with Gasteiger partial charge in [-0.15, -0.1) is 0 Å². The number of nitrogens with one attached hydrogen (secondary N) is 1. The standard InChI is InChI=1S/C10H8F2N2O/c1-6-4-10(15)13-14(6)7-2-3-8(11)9(12)5-7/h2-5H,1H3,(H,13,15). The summed E-state index contributed by atoms with van der Waals surface area (Å²) >= 11 is 0. The van der Waals surface area contributed by atoms with Crippen molar-refractivity contribution in [3.63, 3.8) is 0 Å². The van der Waals surface area contributed by atoms with Crippen molar-refractivity contribution in [3.8, 4) is 5.69 Å². The second kappa shape index (κ2) is 3.34. The van der Waals surface area contributed by atoms with Crippen LogP contribution < -0.4 is 5.56 Å². The summed E-state index contributed by atoms with van der Waals surface area (Å²) < 4.78 is 27.0. The number of halogens is 2. The van der Waals surface area contributed by atoms with Gasteiger partial charge in [-0.05, 0) is 19.1 Å². The fraction of sp³-hybridized carbons (Fsp3) is 0.100. The zero-order chi connectivity index (χ0) is 11.0. The van der Waals surface area contributed by atoms with Gasteiger partial charge in [0.2, 0.25) is 0 Å². The average Bonchev–Trinajstić information content (AvgIpc) is 2.50. The van der Waals surface area contributed by atoms with Crippen molar-refractivity contribution >= 4 is 0 Å². The molecule has 0 saturated heterocycles. The Labute approximate surface area is 84.0 Å². The molecule has 2 rings (SSSR count). The van der Waals surface area contributed by atoms with Crippen molar-refractivity contribution in [3.05, 3.63) is 51.9 Å². The van der Waals surface area contributed by atoms with E-state index in [4.69, 9.17) is 0 Å². The molecular formula is C10H8F2N2O. The van der Waals surface area contributed by atoms with Gasteiger partial charge in [-0.3, -0.25) is 14.6 Å². The molecule has 3 nitrogen and oxygen atoms in total. The minimum atomic E-state index is -0.943. The first-order chi connectivity index (χ1) is 7.08. The molecule has 1 N–H and O–H groups in total. The maximum atomic E-state index is 12.9. The predicted molar refractivity (Wildman–Crippen MR) is 51.0 cm³/mol. The average molecular weight is 210 g/mol. The highest BCUT2D eigenvalue weighted by atomic mass is 19.2. The van der Waals surface area contributed by atoms with Crippen LogP contribution in [-0.2, 0) is 0 Å². The summed E-state index contributed by atoms with van der Waals surface area (Å²) in [5.41, 5.74) is 0.733. The van der Waals surface area contributed by atoms with Crippen molar-refractivity contribution < 1.29 is 8.78 Å². The Bertz CT molecular complexity index is 557. The lowest BCUT2D eigenvalue weighted by molar-refractivity contribution is 0.507. The molecule has 2 aromatic rings. The van der Waals surface area contributed by atoms with Crippen LogP contribution in [0.5, 0.6) is 0 Å². The van der Waals surface area contributed by atoms with Gasteiger partial charge in [0.1, 0.15) is 0 Å². The first kappa shape index (κ1) is 9.64. The molecule has 5 heteroatoms. The lowest BCUT2D eigenvalue weighted by Crippen LogP contribution is -2.04. The molecule has 0 saturated carbocycles. The summed E-state index contributed by atoms with van der Waals surface area (Å²) in [5, 5.41) is 2.48. The summed E-state index contributed by atoms with van der Waals surface area (Å²) in [6.45, 7) is 1.69. The number of aryl methyl sites for hydroxylation is 1. The number of rotatable bonds is 1. The molecule has 1 aromatic carbocycles. The summed E-state index contributed by atoms with van der Waals surface area (Å²) in [7, 11) is 0. The van der Waals surface area contributed by atoms with Crippen molar-refractivity contribution in [2.24, 2.45) is 0 Å². The lowest BCUT2D eigenvalue weighted by Gasteiger charge is -2.05. The zero-order valence-electron chi connectivity index (χ0n) is 7.92. The van der Waals surface area contributed by atoms with Gasteiger partial charge in [0.25, 0.3) is 5.56 Å². The van der Waals surface area contributed by atoms with Gasteiger partial charge < -0.3 is 0 Å². The summed E-state index contributed by atoms with van der Waals surface area (Å²) in [5.74, 6) is -1.85. The third kappa shape index (κ3) is 1.68. The van der Waals surface area contributed by atoms with Gasteiger partial charge in [-0.25, -0.2) is 8.78 Å². The highest BCUT2D eigenvalue weighted by Crippen LogP contribution is 2.12. The molecule has 0 amide bonds. The molecule has 78 valence electrons. The molecule has 0 aliphatic heterocycles. The minimum Gasteiger partial charge on any atom is -0.268 e. The van der Waals surface area contributed by atoms with Crippen LogP contribution in [-0.4, -0.2) is 9.78 Å². The normalized spacial score (nSPS) is 10.6. The lowest BCUT2D eigenvalue weighted by atomic mass is 10.3. The molecule has 1 heterocycles. The molecule has 0 atom stereocenters. The molecular weight excluding hydrogens is 202 g/mol. The van der Waals surface area contributed by atoms with Crippen LogP contribution in [0.15, 0.2) is 29.1 Å². The largest absolute Gasteiger partial charge is 0.268 e. The van der Waals surface area contributed by atoms with Gasteiger partial charge in [0.05, 0.1) is 5.69 Å². The van der Waals surface area contributed by atoms with Crippen LogP contribution in [0.2, 0.25) is 0 Å². The Kier molecular flexibility index (Phi) is 2.15. The van der Waals surface area contributed by atoms with Crippen molar-refractivity contribution in [1.29, 1.82) is 0 Å². The van der Waals surface area contributed by atoms with E-state index in [0.29, 0.717) is 11.4 Å². The van der Waals surface area contributed by atoms with Gasteiger partial charge >= 0.3 is 0 Å². The van der Waals surface area contributed by atoms with Crippen LogP contribution in [0, 0.1) is 18.6 Å². The number of H-pyrrole nitrogens is 1. The molecule has 1 aromatic heterocycles. The fourth-order valence-corrected chi connectivity index (χ4v) is 1.38.